The highest BCUT2D eigenvalue weighted by Gasteiger charge is 2.28. The number of ether oxygens (including phenoxy) is 2. The second kappa shape index (κ2) is 5.09. The number of benzene rings is 1. The van der Waals surface area contributed by atoms with E-state index in [2.05, 4.69) is 0 Å². The first kappa shape index (κ1) is 14.8. The summed E-state index contributed by atoms with van der Waals surface area (Å²) < 4.78 is 35.2. The van der Waals surface area contributed by atoms with Gasteiger partial charge in [-0.25, -0.2) is 8.42 Å². The van der Waals surface area contributed by atoms with E-state index < -0.39 is 21.0 Å². The van der Waals surface area contributed by atoms with E-state index in [1.807, 2.05) is 0 Å². The first-order valence-electron chi connectivity index (χ1n) is 6.36. The maximum Gasteiger partial charge on any atom is 0.185 e. The zero-order valence-corrected chi connectivity index (χ0v) is 12.6. The van der Waals surface area contributed by atoms with Gasteiger partial charge in [0, 0.05) is 11.5 Å². The van der Waals surface area contributed by atoms with Gasteiger partial charge in [0.1, 0.15) is 19.0 Å². The maximum atomic E-state index is 12.3. The molecule has 0 N–H and O–H groups in total. The molecule has 0 radical (unpaired) electrons. The average Bonchev–Trinajstić information content (AvgIpc) is 2.36. The predicted octanol–water partition coefficient (Wildman–Crippen LogP) is 1.85. The van der Waals surface area contributed by atoms with Crippen LogP contribution >= 0.6 is 0 Å². The van der Waals surface area contributed by atoms with Crippen LogP contribution in [0.3, 0.4) is 0 Å². The Labute approximate surface area is 118 Å². The lowest BCUT2D eigenvalue weighted by Crippen LogP contribution is -2.28. The van der Waals surface area contributed by atoms with Gasteiger partial charge in [0.15, 0.2) is 27.1 Å². The summed E-state index contributed by atoms with van der Waals surface area (Å²) in [5, 5.41) is 0. The first-order valence-corrected chi connectivity index (χ1v) is 8.01. The third-order valence-electron chi connectivity index (χ3n) is 3.03. The second-order valence-corrected chi connectivity index (χ2v) is 7.73. The molecule has 0 aliphatic carbocycles. The predicted molar refractivity (Wildman–Crippen MR) is 73.9 cm³/mol. The van der Waals surface area contributed by atoms with Crippen LogP contribution in [0.2, 0.25) is 0 Å². The highest BCUT2D eigenvalue weighted by Crippen LogP contribution is 2.32. The summed E-state index contributed by atoms with van der Waals surface area (Å²) in [7, 11) is -3.66. The monoisotopic (exact) mass is 298 g/mol. The molecule has 1 aliphatic heterocycles. The molecule has 1 aromatic carbocycles. The Morgan fingerprint density at radius 2 is 1.75 bits per heavy atom. The average molecular weight is 298 g/mol. The van der Waals surface area contributed by atoms with Crippen LogP contribution in [0.4, 0.5) is 0 Å². The molecule has 2 rings (SSSR count). The topological polar surface area (TPSA) is 69.7 Å². The van der Waals surface area contributed by atoms with E-state index in [0.717, 1.165) is 0 Å². The molecule has 1 aliphatic rings. The summed E-state index contributed by atoms with van der Waals surface area (Å²) in [4.78, 5) is 12.0. The molecule has 0 atom stereocenters. The van der Waals surface area contributed by atoms with Gasteiger partial charge < -0.3 is 9.47 Å². The number of ketones is 1. The van der Waals surface area contributed by atoms with Gasteiger partial charge in [0.05, 0.1) is 4.90 Å². The summed E-state index contributed by atoms with van der Waals surface area (Å²) in [6, 6.07) is 4.42. The minimum Gasteiger partial charge on any atom is -0.486 e. The lowest BCUT2D eigenvalue weighted by atomic mass is 9.92. The highest BCUT2D eigenvalue weighted by atomic mass is 32.2. The quantitative estimate of drug-likeness (QED) is 0.851. The third-order valence-corrected chi connectivity index (χ3v) is 4.64. The number of carbonyl (C=O) groups is 1. The van der Waals surface area contributed by atoms with Crippen LogP contribution in [0.15, 0.2) is 23.1 Å². The van der Waals surface area contributed by atoms with E-state index >= 15 is 0 Å². The van der Waals surface area contributed by atoms with E-state index in [1.54, 1.807) is 26.8 Å². The van der Waals surface area contributed by atoms with Gasteiger partial charge in [-0.05, 0) is 12.1 Å². The molecule has 0 saturated carbocycles. The first-order chi connectivity index (χ1) is 9.20. The minimum absolute atomic E-state index is 0.0827. The summed E-state index contributed by atoms with van der Waals surface area (Å²) >= 11 is 0. The molecule has 110 valence electrons. The Morgan fingerprint density at radius 3 is 2.35 bits per heavy atom. The largest absolute Gasteiger partial charge is 0.486 e. The molecule has 0 aromatic heterocycles. The fraction of sp³-hybridized carbons (Fsp3) is 0.500. The van der Waals surface area contributed by atoms with Crippen LogP contribution < -0.4 is 9.47 Å². The van der Waals surface area contributed by atoms with E-state index in [1.165, 1.54) is 12.1 Å². The molecule has 0 unspecified atom stereocenters. The number of Topliss-reactive ketones (excluding diaryl/α,β-unsaturated/α-hetero) is 1. The van der Waals surface area contributed by atoms with Gasteiger partial charge in [-0.1, -0.05) is 20.8 Å². The number of sulfone groups is 1. The van der Waals surface area contributed by atoms with Crippen molar-refractivity contribution in [1.29, 1.82) is 0 Å². The lowest BCUT2D eigenvalue weighted by Gasteiger charge is -2.19. The van der Waals surface area contributed by atoms with Gasteiger partial charge in [0.2, 0.25) is 0 Å². The van der Waals surface area contributed by atoms with Gasteiger partial charge in [-0.2, -0.15) is 0 Å². The van der Waals surface area contributed by atoms with Gasteiger partial charge in [-0.3, -0.25) is 4.79 Å². The van der Waals surface area contributed by atoms with Crippen LogP contribution in [0.5, 0.6) is 11.5 Å². The Hall–Kier alpha value is -1.56. The van der Waals surface area contributed by atoms with Crippen molar-refractivity contribution in [2.75, 3.05) is 19.0 Å². The SMILES string of the molecule is CC(C)(C)C(=O)CS(=O)(=O)c1ccc2c(c1)OCCO2. The van der Waals surface area contributed by atoms with Crippen molar-refractivity contribution in [3.05, 3.63) is 18.2 Å². The van der Waals surface area contributed by atoms with Gasteiger partial charge in [0.25, 0.3) is 0 Å². The van der Waals surface area contributed by atoms with Crippen molar-refractivity contribution in [2.45, 2.75) is 25.7 Å². The molecule has 5 nitrogen and oxygen atoms in total. The molecule has 6 heteroatoms. The molecule has 0 fully saturated rings. The van der Waals surface area contributed by atoms with E-state index in [4.69, 9.17) is 9.47 Å². The van der Waals surface area contributed by atoms with Crippen molar-refractivity contribution in [3.63, 3.8) is 0 Å². The molecule has 20 heavy (non-hydrogen) atoms. The fourth-order valence-corrected chi connectivity index (χ4v) is 3.20. The molecular weight excluding hydrogens is 280 g/mol. The van der Waals surface area contributed by atoms with Crippen molar-refractivity contribution < 1.29 is 22.7 Å². The van der Waals surface area contributed by atoms with Crippen LogP contribution in [0.25, 0.3) is 0 Å². The van der Waals surface area contributed by atoms with Crippen molar-refractivity contribution in [2.24, 2.45) is 5.41 Å². The zero-order chi connectivity index (χ0) is 15.0. The Balaban J connectivity index is 2.28. The Kier molecular flexibility index (Phi) is 3.77. The maximum absolute atomic E-state index is 12.3. The summed E-state index contributed by atoms with van der Waals surface area (Å²) in [5.41, 5.74) is -0.680. The van der Waals surface area contributed by atoms with E-state index in [9.17, 15) is 13.2 Å². The molecule has 0 bridgehead atoms. The Bertz CT molecular complexity index is 625. The lowest BCUT2D eigenvalue weighted by molar-refractivity contribution is -0.123. The molecule has 0 amide bonds. The molecule has 1 heterocycles. The van der Waals surface area contributed by atoms with Crippen molar-refractivity contribution in [3.8, 4) is 11.5 Å². The van der Waals surface area contributed by atoms with Crippen LogP contribution in [-0.2, 0) is 14.6 Å². The number of fused-ring (bicyclic) bond motifs is 1. The van der Waals surface area contributed by atoms with Crippen molar-refractivity contribution in [1.82, 2.24) is 0 Å². The standard InChI is InChI=1S/C14H18O5S/c1-14(2,3)13(15)9-20(16,17)10-4-5-11-12(8-10)19-7-6-18-11/h4-5,8H,6-7,9H2,1-3H3. The van der Waals surface area contributed by atoms with Crippen LogP contribution in [0.1, 0.15) is 20.8 Å². The van der Waals surface area contributed by atoms with Crippen LogP contribution in [-0.4, -0.2) is 33.2 Å². The van der Waals surface area contributed by atoms with Crippen molar-refractivity contribution >= 4 is 15.6 Å². The number of carbonyl (C=O) groups excluding carboxylic acids is 1. The molecule has 0 spiro atoms. The van der Waals surface area contributed by atoms with E-state index in [0.29, 0.717) is 24.7 Å². The molecular formula is C14H18O5S. The summed E-state index contributed by atoms with van der Waals surface area (Å²) in [5.74, 6) is 0.112. The normalized spacial score (nSPS) is 14.9. The minimum atomic E-state index is -3.66. The molecule has 1 aromatic rings. The van der Waals surface area contributed by atoms with Crippen LogP contribution in [0, 0.1) is 5.41 Å². The fourth-order valence-electron chi connectivity index (χ4n) is 1.69. The second-order valence-electron chi connectivity index (χ2n) is 5.74. The number of hydrogen-bond acceptors (Lipinski definition) is 5. The number of rotatable bonds is 3. The number of hydrogen-bond donors (Lipinski definition) is 0. The summed E-state index contributed by atoms with van der Waals surface area (Å²) in [6.45, 7) is 5.94. The van der Waals surface area contributed by atoms with Gasteiger partial charge >= 0.3 is 0 Å². The highest BCUT2D eigenvalue weighted by molar-refractivity contribution is 7.92. The molecule has 0 saturated heterocycles. The smallest absolute Gasteiger partial charge is 0.185 e. The Morgan fingerprint density at radius 1 is 1.15 bits per heavy atom. The third kappa shape index (κ3) is 3.12. The summed E-state index contributed by atoms with van der Waals surface area (Å²) in [6.07, 6.45) is 0. The van der Waals surface area contributed by atoms with E-state index in [-0.39, 0.29) is 10.7 Å². The zero-order valence-electron chi connectivity index (χ0n) is 11.8. The van der Waals surface area contributed by atoms with Gasteiger partial charge in [-0.15, -0.1) is 0 Å².